The van der Waals surface area contributed by atoms with E-state index in [-0.39, 0.29) is 5.91 Å². The van der Waals surface area contributed by atoms with Gasteiger partial charge in [-0.1, -0.05) is 41.4 Å². The van der Waals surface area contributed by atoms with Gasteiger partial charge in [0.15, 0.2) is 0 Å². The van der Waals surface area contributed by atoms with Crippen molar-refractivity contribution in [1.82, 2.24) is 14.5 Å². The molecule has 1 aromatic carbocycles. The second-order valence-corrected chi connectivity index (χ2v) is 8.15. The van der Waals surface area contributed by atoms with Gasteiger partial charge in [0.1, 0.15) is 5.82 Å². The van der Waals surface area contributed by atoms with Crippen molar-refractivity contribution in [1.29, 1.82) is 5.26 Å². The number of rotatable bonds is 5. The molecular weight excluding hydrogens is 433 g/mol. The predicted octanol–water partition coefficient (Wildman–Crippen LogP) is 4.62. The van der Waals surface area contributed by atoms with E-state index in [1.54, 1.807) is 18.3 Å². The number of piperazine rings is 1. The summed E-state index contributed by atoms with van der Waals surface area (Å²) in [6.45, 7) is 3.12. The number of amides is 1. The van der Waals surface area contributed by atoms with Crippen LogP contribution in [0.2, 0.25) is 10.0 Å². The number of aromatic nitrogens is 2. The SMILES string of the molecule is N#CCCn1cc(/C=C/C(=O)N2CCN(c3ncc(Cl)cc3Cl)CC2)c2ccccc21. The van der Waals surface area contributed by atoms with Gasteiger partial charge < -0.3 is 14.4 Å². The monoisotopic (exact) mass is 453 g/mol. The van der Waals surface area contributed by atoms with Crippen molar-refractivity contribution in [3.05, 3.63) is 64.4 Å². The molecule has 0 spiro atoms. The van der Waals surface area contributed by atoms with Crippen LogP contribution in [0.3, 0.4) is 0 Å². The number of hydrogen-bond acceptors (Lipinski definition) is 4. The number of pyridine rings is 1. The lowest BCUT2D eigenvalue weighted by Gasteiger charge is -2.35. The molecule has 1 aliphatic rings. The zero-order valence-corrected chi connectivity index (χ0v) is 18.4. The molecule has 0 saturated carbocycles. The fraction of sp³-hybridized carbons (Fsp3) is 0.261. The maximum absolute atomic E-state index is 12.8. The van der Waals surface area contributed by atoms with Crippen LogP contribution < -0.4 is 4.90 Å². The van der Waals surface area contributed by atoms with Gasteiger partial charge in [0, 0.05) is 67.7 Å². The number of halogens is 2. The van der Waals surface area contributed by atoms with Gasteiger partial charge in [0.2, 0.25) is 5.91 Å². The Morgan fingerprint density at radius 3 is 2.71 bits per heavy atom. The zero-order chi connectivity index (χ0) is 21.8. The molecule has 0 radical (unpaired) electrons. The van der Waals surface area contributed by atoms with Crippen molar-refractivity contribution in [2.75, 3.05) is 31.1 Å². The zero-order valence-electron chi connectivity index (χ0n) is 16.8. The summed E-state index contributed by atoms with van der Waals surface area (Å²) in [6, 6.07) is 11.9. The summed E-state index contributed by atoms with van der Waals surface area (Å²) in [5, 5.41) is 11.0. The quantitative estimate of drug-likeness (QED) is 0.528. The fourth-order valence-corrected chi connectivity index (χ4v) is 4.31. The molecule has 3 aromatic rings. The number of hydrogen-bond donors (Lipinski definition) is 0. The number of para-hydroxylation sites is 1. The first kappa shape index (κ1) is 21.2. The van der Waals surface area contributed by atoms with Crippen LogP contribution in [-0.4, -0.2) is 46.5 Å². The Bertz CT molecular complexity index is 1170. The molecule has 3 heterocycles. The molecule has 0 aliphatic carbocycles. The first-order valence-electron chi connectivity index (χ1n) is 10.0. The molecule has 0 bridgehead atoms. The van der Waals surface area contributed by atoms with Gasteiger partial charge in [-0.15, -0.1) is 0 Å². The smallest absolute Gasteiger partial charge is 0.246 e. The Morgan fingerprint density at radius 1 is 1.19 bits per heavy atom. The predicted molar refractivity (Wildman–Crippen MR) is 124 cm³/mol. The van der Waals surface area contributed by atoms with Gasteiger partial charge in [-0.2, -0.15) is 5.26 Å². The number of nitriles is 1. The Morgan fingerprint density at radius 2 is 1.97 bits per heavy atom. The third-order valence-electron chi connectivity index (χ3n) is 5.37. The molecule has 0 atom stereocenters. The first-order chi connectivity index (χ1) is 15.1. The summed E-state index contributed by atoms with van der Waals surface area (Å²) in [5.74, 6) is 0.669. The summed E-state index contributed by atoms with van der Waals surface area (Å²) in [7, 11) is 0. The average molecular weight is 454 g/mol. The molecule has 0 N–H and O–H groups in total. The molecule has 8 heteroatoms. The lowest BCUT2D eigenvalue weighted by atomic mass is 10.1. The second kappa shape index (κ2) is 9.42. The second-order valence-electron chi connectivity index (χ2n) is 7.31. The van der Waals surface area contributed by atoms with Crippen molar-refractivity contribution in [2.24, 2.45) is 0 Å². The number of benzene rings is 1. The van der Waals surface area contributed by atoms with E-state index in [2.05, 4.69) is 20.5 Å². The summed E-state index contributed by atoms with van der Waals surface area (Å²) >= 11 is 12.2. The third kappa shape index (κ3) is 4.68. The standard InChI is InChI=1S/C23H21Cl2N5O/c24-18-14-20(25)23(27-15-18)29-12-10-28(11-13-29)22(31)7-6-17-16-30(9-3-8-26)21-5-2-1-4-19(17)21/h1-2,4-7,14-16H,3,9-13H2/b7-6+. The fourth-order valence-electron chi connectivity index (χ4n) is 3.81. The summed E-state index contributed by atoms with van der Waals surface area (Å²) in [4.78, 5) is 21.0. The van der Waals surface area contributed by atoms with Crippen LogP contribution in [0, 0.1) is 11.3 Å². The number of carbonyl (C=O) groups is 1. The Hall–Kier alpha value is -3.01. The summed E-state index contributed by atoms with van der Waals surface area (Å²) in [6.07, 6.45) is 7.50. The Labute approximate surface area is 190 Å². The van der Waals surface area contributed by atoms with E-state index in [4.69, 9.17) is 28.5 Å². The number of fused-ring (bicyclic) bond motifs is 1. The molecule has 1 aliphatic heterocycles. The minimum Gasteiger partial charge on any atom is -0.352 e. The van der Waals surface area contributed by atoms with E-state index in [9.17, 15) is 4.79 Å². The van der Waals surface area contributed by atoms with Crippen molar-refractivity contribution in [2.45, 2.75) is 13.0 Å². The number of anilines is 1. The lowest BCUT2D eigenvalue weighted by molar-refractivity contribution is -0.126. The molecule has 31 heavy (non-hydrogen) atoms. The minimum absolute atomic E-state index is 0.0244. The summed E-state index contributed by atoms with van der Waals surface area (Å²) < 4.78 is 2.06. The molecule has 1 fully saturated rings. The highest BCUT2D eigenvalue weighted by Crippen LogP contribution is 2.27. The largest absolute Gasteiger partial charge is 0.352 e. The highest BCUT2D eigenvalue weighted by atomic mass is 35.5. The van der Waals surface area contributed by atoms with E-state index >= 15 is 0 Å². The van der Waals surface area contributed by atoms with Crippen LogP contribution in [0.1, 0.15) is 12.0 Å². The van der Waals surface area contributed by atoms with Gasteiger partial charge in [-0.05, 0) is 18.2 Å². The van der Waals surface area contributed by atoms with Gasteiger partial charge in [-0.3, -0.25) is 4.79 Å². The molecule has 158 valence electrons. The maximum Gasteiger partial charge on any atom is 0.246 e. The van der Waals surface area contributed by atoms with E-state index in [0.29, 0.717) is 55.0 Å². The van der Waals surface area contributed by atoms with Crippen LogP contribution >= 0.6 is 23.2 Å². The Kier molecular flexibility index (Phi) is 6.45. The molecule has 1 amide bonds. The first-order valence-corrected chi connectivity index (χ1v) is 10.8. The van der Waals surface area contributed by atoms with Crippen LogP contribution in [0.4, 0.5) is 5.82 Å². The van der Waals surface area contributed by atoms with Crippen LogP contribution in [-0.2, 0) is 11.3 Å². The highest BCUT2D eigenvalue weighted by molar-refractivity contribution is 6.36. The van der Waals surface area contributed by atoms with Gasteiger partial charge >= 0.3 is 0 Å². The number of aryl methyl sites for hydroxylation is 1. The van der Waals surface area contributed by atoms with Gasteiger partial charge in [-0.25, -0.2) is 4.98 Å². The van der Waals surface area contributed by atoms with E-state index in [1.807, 2.05) is 41.4 Å². The van der Waals surface area contributed by atoms with Crippen LogP contribution in [0.5, 0.6) is 0 Å². The van der Waals surface area contributed by atoms with E-state index in [1.165, 1.54) is 0 Å². The number of carbonyl (C=O) groups excluding carboxylic acids is 1. The average Bonchev–Trinajstić information content (AvgIpc) is 3.14. The molecule has 4 rings (SSSR count). The minimum atomic E-state index is -0.0244. The maximum atomic E-state index is 12.8. The number of nitrogens with zero attached hydrogens (tertiary/aromatic N) is 5. The molecular formula is C23H21Cl2N5O. The lowest BCUT2D eigenvalue weighted by Crippen LogP contribution is -2.48. The highest BCUT2D eigenvalue weighted by Gasteiger charge is 2.22. The molecule has 0 unspecified atom stereocenters. The summed E-state index contributed by atoms with van der Waals surface area (Å²) in [5.41, 5.74) is 2.03. The van der Waals surface area contributed by atoms with Gasteiger partial charge in [0.25, 0.3) is 0 Å². The topological polar surface area (TPSA) is 65.2 Å². The van der Waals surface area contributed by atoms with Crippen molar-refractivity contribution < 1.29 is 4.79 Å². The molecule has 1 saturated heterocycles. The van der Waals surface area contributed by atoms with Crippen molar-refractivity contribution in [3.63, 3.8) is 0 Å². The van der Waals surface area contributed by atoms with Gasteiger partial charge in [0.05, 0.1) is 22.5 Å². The third-order valence-corrected chi connectivity index (χ3v) is 5.85. The van der Waals surface area contributed by atoms with E-state index < -0.39 is 0 Å². The molecule has 2 aromatic heterocycles. The van der Waals surface area contributed by atoms with Crippen LogP contribution in [0.15, 0.2) is 48.8 Å². The van der Waals surface area contributed by atoms with Crippen molar-refractivity contribution in [3.8, 4) is 6.07 Å². The van der Waals surface area contributed by atoms with Crippen molar-refractivity contribution >= 4 is 51.9 Å². The molecule has 6 nitrogen and oxygen atoms in total. The normalized spacial score (nSPS) is 14.4. The van der Waals surface area contributed by atoms with E-state index in [0.717, 1.165) is 16.5 Å². The van der Waals surface area contributed by atoms with Crippen LogP contribution in [0.25, 0.3) is 17.0 Å². The Balaban J connectivity index is 1.43.